The Labute approximate surface area is 153 Å². The fourth-order valence-electron chi connectivity index (χ4n) is 3.72. The van der Waals surface area contributed by atoms with Crippen molar-refractivity contribution in [3.63, 3.8) is 0 Å². The Bertz CT molecular complexity index is 832. The van der Waals surface area contributed by atoms with E-state index in [-0.39, 0.29) is 17.3 Å². The molecule has 0 aliphatic heterocycles. The third-order valence-electron chi connectivity index (χ3n) is 4.88. The van der Waals surface area contributed by atoms with Gasteiger partial charge in [-0.15, -0.1) is 0 Å². The van der Waals surface area contributed by atoms with E-state index < -0.39 is 6.09 Å². The molecule has 0 bridgehead atoms. The Kier molecular flexibility index (Phi) is 4.90. The number of carboxylic acid groups (broad SMARTS) is 1. The van der Waals surface area contributed by atoms with Gasteiger partial charge in [-0.1, -0.05) is 45.0 Å². The van der Waals surface area contributed by atoms with E-state index in [0.717, 1.165) is 29.5 Å². The second kappa shape index (κ2) is 6.98. The lowest BCUT2D eigenvalue weighted by Gasteiger charge is -2.27. The van der Waals surface area contributed by atoms with Crippen molar-refractivity contribution in [3.8, 4) is 16.9 Å². The zero-order valence-electron chi connectivity index (χ0n) is 15.3. The standard InChI is InChI=1S/C21H24FNO3/c1-4-10-26-17-7-5-6-16(22)18(17)13-8-9-15-14(11-13)12-21(2,3)19(15)23-20(24)25/h5-9,11,19,23H,4,10,12H2,1-3H3,(H,24,25). The molecule has 4 nitrogen and oxygen atoms in total. The number of halogens is 1. The predicted molar refractivity (Wildman–Crippen MR) is 99.0 cm³/mol. The van der Waals surface area contributed by atoms with Gasteiger partial charge in [0.05, 0.1) is 18.2 Å². The lowest BCUT2D eigenvalue weighted by Crippen LogP contribution is -2.34. The molecule has 1 aliphatic rings. The maximum Gasteiger partial charge on any atom is 0.405 e. The molecule has 0 aromatic heterocycles. The van der Waals surface area contributed by atoms with Crippen LogP contribution in [0.15, 0.2) is 36.4 Å². The Morgan fingerprint density at radius 1 is 1.35 bits per heavy atom. The highest BCUT2D eigenvalue weighted by atomic mass is 19.1. The van der Waals surface area contributed by atoms with Crippen molar-refractivity contribution in [3.05, 3.63) is 53.3 Å². The number of carbonyl (C=O) groups is 1. The molecule has 2 aromatic carbocycles. The lowest BCUT2D eigenvalue weighted by molar-refractivity contribution is 0.175. The average Bonchev–Trinajstić information content (AvgIpc) is 2.82. The lowest BCUT2D eigenvalue weighted by atomic mass is 9.85. The molecule has 3 rings (SSSR count). The van der Waals surface area contributed by atoms with Crippen LogP contribution >= 0.6 is 0 Å². The van der Waals surface area contributed by atoms with E-state index in [4.69, 9.17) is 9.84 Å². The molecule has 0 saturated heterocycles. The molecule has 2 aromatic rings. The fourth-order valence-corrected chi connectivity index (χ4v) is 3.72. The molecule has 0 heterocycles. The highest BCUT2D eigenvalue weighted by Gasteiger charge is 2.40. The van der Waals surface area contributed by atoms with Gasteiger partial charge in [-0.05, 0) is 47.1 Å². The van der Waals surface area contributed by atoms with Crippen LogP contribution in [0.4, 0.5) is 9.18 Å². The number of nitrogens with one attached hydrogen (secondary N) is 1. The summed E-state index contributed by atoms with van der Waals surface area (Å²) in [4.78, 5) is 11.2. The fraction of sp³-hybridized carbons (Fsp3) is 0.381. The highest BCUT2D eigenvalue weighted by Crippen LogP contribution is 2.46. The van der Waals surface area contributed by atoms with Crippen LogP contribution in [-0.4, -0.2) is 17.8 Å². The van der Waals surface area contributed by atoms with Crippen molar-refractivity contribution >= 4 is 6.09 Å². The van der Waals surface area contributed by atoms with Gasteiger partial charge in [-0.25, -0.2) is 9.18 Å². The Morgan fingerprint density at radius 2 is 2.12 bits per heavy atom. The van der Waals surface area contributed by atoms with E-state index in [2.05, 4.69) is 5.32 Å². The summed E-state index contributed by atoms with van der Waals surface area (Å²) < 4.78 is 20.3. The molecule has 5 heteroatoms. The van der Waals surface area contributed by atoms with Gasteiger partial charge in [0.15, 0.2) is 0 Å². The molecule has 0 radical (unpaired) electrons. The number of amides is 1. The van der Waals surface area contributed by atoms with E-state index in [9.17, 15) is 9.18 Å². The van der Waals surface area contributed by atoms with Crippen molar-refractivity contribution in [1.29, 1.82) is 0 Å². The number of rotatable bonds is 5. The van der Waals surface area contributed by atoms with Gasteiger partial charge in [0.1, 0.15) is 11.6 Å². The second-order valence-electron chi connectivity index (χ2n) is 7.42. The van der Waals surface area contributed by atoms with Crippen LogP contribution in [-0.2, 0) is 6.42 Å². The molecule has 0 spiro atoms. The molecule has 1 unspecified atom stereocenters. The molecule has 2 N–H and O–H groups in total. The van der Waals surface area contributed by atoms with E-state index in [1.165, 1.54) is 6.07 Å². The average molecular weight is 357 g/mol. The molecule has 0 saturated carbocycles. The molecule has 1 atom stereocenters. The summed E-state index contributed by atoms with van der Waals surface area (Å²) in [5, 5.41) is 11.8. The van der Waals surface area contributed by atoms with E-state index in [1.807, 2.05) is 39.0 Å². The zero-order valence-corrected chi connectivity index (χ0v) is 15.3. The maximum absolute atomic E-state index is 14.5. The number of benzene rings is 2. The normalized spacial score (nSPS) is 17.6. The van der Waals surface area contributed by atoms with Crippen molar-refractivity contribution in [1.82, 2.24) is 5.32 Å². The van der Waals surface area contributed by atoms with Gasteiger partial charge in [-0.2, -0.15) is 0 Å². The molecular formula is C21H24FNO3. The van der Waals surface area contributed by atoms with Crippen molar-refractivity contribution in [2.45, 2.75) is 39.7 Å². The maximum atomic E-state index is 14.5. The van der Waals surface area contributed by atoms with Crippen LogP contribution in [0.5, 0.6) is 5.75 Å². The third kappa shape index (κ3) is 3.39. The first-order valence-electron chi connectivity index (χ1n) is 8.87. The first kappa shape index (κ1) is 18.2. The Morgan fingerprint density at radius 3 is 2.81 bits per heavy atom. The zero-order chi connectivity index (χ0) is 18.9. The first-order chi connectivity index (χ1) is 12.3. The molecule has 138 valence electrons. The van der Waals surface area contributed by atoms with Crippen molar-refractivity contribution < 1.29 is 19.0 Å². The van der Waals surface area contributed by atoms with Crippen molar-refractivity contribution in [2.24, 2.45) is 5.41 Å². The number of fused-ring (bicyclic) bond motifs is 1. The summed E-state index contributed by atoms with van der Waals surface area (Å²) in [6.45, 7) is 6.60. The summed E-state index contributed by atoms with van der Waals surface area (Å²) in [6, 6.07) is 10.3. The van der Waals surface area contributed by atoms with Gasteiger partial charge in [-0.3, -0.25) is 0 Å². The molecule has 0 fully saturated rings. The SMILES string of the molecule is CCCOc1cccc(F)c1-c1ccc2c(c1)CC(C)(C)C2NC(=O)O. The van der Waals surface area contributed by atoms with E-state index in [0.29, 0.717) is 17.9 Å². The topological polar surface area (TPSA) is 58.6 Å². The number of hydrogen-bond acceptors (Lipinski definition) is 2. The molecule has 1 aliphatic carbocycles. The van der Waals surface area contributed by atoms with Crippen LogP contribution in [0.2, 0.25) is 0 Å². The Hall–Kier alpha value is -2.56. The predicted octanol–water partition coefficient (Wildman–Crippen LogP) is 5.17. The minimum Gasteiger partial charge on any atom is -0.493 e. The van der Waals surface area contributed by atoms with Crippen LogP contribution < -0.4 is 10.1 Å². The Balaban J connectivity index is 2.03. The van der Waals surface area contributed by atoms with Gasteiger partial charge in [0.25, 0.3) is 0 Å². The minimum absolute atomic E-state index is 0.240. The highest BCUT2D eigenvalue weighted by molar-refractivity contribution is 5.73. The van der Waals surface area contributed by atoms with Crippen LogP contribution in [0.25, 0.3) is 11.1 Å². The van der Waals surface area contributed by atoms with Crippen LogP contribution in [0.3, 0.4) is 0 Å². The smallest absolute Gasteiger partial charge is 0.405 e. The quantitative estimate of drug-likeness (QED) is 0.776. The molecule has 26 heavy (non-hydrogen) atoms. The van der Waals surface area contributed by atoms with Crippen molar-refractivity contribution in [2.75, 3.05) is 6.61 Å². The molecule has 1 amide bonds. The first-order valence-corrected chi connectivity index (χ1v) is 8.87. The van der Waals surface area contributed by atoms with Crippen LogP contribution in [0, 0.1) is 11.2 Å². The molecular weight excluding hydrogens is 333 g/mol. The van der Waals surface area contributed by atoms with Gasteiger partial charge in [0.2, 0.25) is 0 Å². The van der Waals surface area contributed by atoms with Crippen LogP contribution in [0.1, 0.15) is 44.4 Å². The minimum atomic E-state index is -1.04. The summed E-state index contributed by atoms with van der Waals surface area (Å²) >= 11 is 0. The summed E-state index contributed by atoms with van der Waals surface area (Å²) in [5.74, 6) is 0.209. The van der Waals surface area contributed by atoms with E-state index >= 15 is 0 Å². The third-order valence-corrected chi connectivity index (χ3v) is 4.88. The van der Waals surface area contributed by atoms with E-state index in [1.54, 1.807) is 12.1 Å². The summed E-state index contributed by atoms with van der Waals surface area (Å²) in [7, 11) is 0. The second-order valence-corrected chi connectivity index (χ2v) is 7.42. The monoisotopic (exact) mass is 357 g/mol. The summed E-state index contributed by atoms with van der Waals surface area (Å²) in [5.41, 5.74) is 2.95. The number of hydrogen-bond donors (Lipinski definition) is 2. The van der Waals surface area contributed by atoms with Gasteiger partial charge in [0, 0.05) is 0 Å². The van der Waals surface area contributed by atoms with Gasteiger partial charge >= 0.3 is 6.09 Å². The van der Waals surface area contributed by atoms with Gasteiger partial charge < -0.3 is 15.2 Å². The largest absolute Gasteiger partial charge is 0.493 e. The number of ether oxygens (including phenoxy) is 1. The summed E-state index contributed by atoms with van der Waals surface area (Å²) in [6.07, 6.45) is 0.529.